The van der Waals surface area contributed by atoms with E-state index in [2.05, 4.69) is 0 Å². The molecule has 20 heavy (non-hydrogen) atoms. The molecule has 5 nitrogen and oxygen atoms in total. The van der Waals surface area contributed by atoms with Crippen molar-refractivity contribution in [2.75, 3.05) is 19.8 Å². The minimum absolute atomic E-state index is 0.188. The third-order valence-corrected chi connectivity index (χ3v) is 6.25. The minimum atomic E-state index is -2.82. The largest absolute Gasteiger partial charge is 0.531 e. The fourth-order valence-corrected chi connectivity index (χ4v) is 4.86. The van der Waals surface area contributed by atoms with Crippen molar-refractivity contribution in [1.82, 2.24) is 0 Å². The van der Waals surface area contributed by atoms with E-state index in [9.17, 15) is 0 Å². The summed E-state index contributed by atoms with van der Waals surface area (Å²) in [7, 11) is -2.82. The van der Waals surface area contributed by atoms with Crippen LogP contribution in [0.1, 0.15) is 39.9 Å². The number of hydrogen-bond acceptors (Lipinski definition) is 5. The fraction of sp³-hybridized carbons (Fsp3) is 0.714. The molecular formula is C14H26O5Si. The molecule has 1 heterocycles. The molecule has 0 N–H and O–H groups in total. The van der Waals surface area contributed by atoms with Gasteiger partial charge in [-0.1, -0.05) is 6.92 Å². The Morgan fingerprint density at radius 1 is 1.05 bits per heavy atom. The summed E-state index contributed by atoms with van der Waals surface area (Å²) in [6, 6.07) is 3.73. The molecule has 6 heteroatoms. The standard InChI is InChI=1S/C14H26O5Si/c1-5-14(16-12-13-10-9-11-15-13)20(17-6-2,18-7-3)19-8-4/h9-11,14H,5-8,12H2,1-4H3. The van der Waals surface area contributed by atoms with Crippen LogP contribution in [0.3, 0.4) is 0 Å². The van der Waals surface area contributed by atoms with Gasteiger partial charge in [-0.2, -0.15) is 0 Å². The Morgan fingerprint density at radius 2 is 1.65 bits per heavy atom. The second-order valence-corrected chi connectivity index (χ2v) is 6.91. The maximum absolute atomic E-state index is 5.95. The first-order valence-electron chi connectivity index (χ1n) is 7.28. The number of ether oxygens (including phenoxy) is 1. The summed E-state index contributed by atoms with van der Waals surface area (Å²) >= 11 is 0. The van der Waals surface area contributed by atoms with Crippen molar-refractivity contribution < 1.29 is 22.4 Å². The van der Waals surface area contributed by atoms with E-state index in [1.807, 2.05) is 39.8 Å². The van der Waals surface area contributed by atoms with Crippen molar-refractivity contribution in [1.29, 1.82) is 0 Å². The number of hydrogen-bond donors (Lipinski definition) is 0. The zero-order chi connectivity index (χ0) is 14.8. The second-order valence-electron chi connectivity index (χ2n) is 4.19. The van der Waals surface area contributed by atoms with Crippen molar-refractivity contribution in [2.45, 2.75) is 46.4 Å². The Hall–Kier alpha value is -0.663. The molecule has 1 aromatic heterocycles. The number of furan rings is 1. The first-order chi connectivity index (χ1) is 9.72. The highest BCUT2D eigenvalue weighted by molar-refractivity contribution is 6.62. The third-order valence-electron chi connectivity index (χ3n) is 2.81. The molecule has 0 saturated carbocycles. The summed E-state index contributed by atoms with van der Waals surface area (Å²) in [6.45, 7) is 9.92. The van der Waals surface area contributed by atoms with Gasteiger partial charge in [0, 0.05) is 19.8 Å². The van der Waals surface area contributed by atoms with E-state index in [0.717, 1.165) is 12.2 Å². The monoisotopic (exact) mass is 302 g/mol. The molecule has 0 amide bonds. The highest BCUT2D eigenvalue weighted by atomic mass is 28.4. The molecule has 0 aliphatic carbocycles. The van der Waals surface area contributed by atoms with Gasteiger partial charge in [0.05, 0.1) is 6.26 Å². The molecular weight excluding hydrogens is 276 g/mol. The van der Waals surface area contributed by atoms with Gasteiger partial charge < -0.3 is 22.4 Å². The quantitative estimate of drug-likeness (QED) is 0.588. The van der Waals surface area contributed by atoms with Crippen LogP contribution in [-0.2, 0) is 24.6 Å². The Kier molecular flexibility index (Phi) is 8.09. The van der Waals surface area contributed by atoms with E-state index in [0.29, 0.717) is 26.4 Å². The molecule has 0 spiro atoms. The molecule has 116 valence electrons. The van der Waals surface area contributed by atoms with Gasteiger partial charge >= 0.3 is 8.80 Å². The molecule has 0 radical (unpaired) electrons. The van der Waals surface area contributed by atoms with Gasteiger partial charge in [0.2, 0.25) is 0 Å². The van der Waals surface area contributed by atoms with E-state index in [-0.39, 0.29) is 5.73 Å². The Bertz CT molecular complexity index is 324. The zero-order valence-corrected chi connectivity index (χ0v) is 13.9. The first-order valence-corrected chi connectivity index (χ1v) is 9.08. The van der Waals surface area contributed by atoms with Crippen molar-refractivity contribution in [3.63, 3.8) is 0 Å². The van der Waals surface area contributed by atoms with Gasteiger partial charge in [0.15, 0.2) is 0 Å². The molecule has 1 aromatic rings. The van der Waals surface area contributed by atoms with Crippen molar-refractivity contribution in [3.05, 3.63) is 24.2 Å². The van der Waals surface area contributed by atoms with Crippen LogP contribution in [0.25, 0.3) is 0 Å². The molecule has 0 aromatic carbocycles. The Morgan fingerprint density at radius 3 is 2.05 bits per heavy atom. The molecule has 0 fully saturated rings. The lowest BCUT2D eigenvalue weighted by molar-refractivity contribution is -0.0208. The van der Waals surface area contributed by atoms with E-state index in [1.54, 1.807) is 6.26 Å². The van der Waals surface area contributed by atoms with E-state index in [4.69, 9.17) is 22.4 Å². The topological polar surface area (TPSA) is 50.1 Å². The van der Waals surface area contributed by atoms with E-state index < -0.39 is 8.80 Å². The third kappa shape index (κ3) is 4.71. The van der Waals surface area contributed by atoms with Gasteiger partial charge in [-0.05, 0) is 39.3 Å². The number of rotatable bonds is 11. The summed E-state index contributed by atoms with van der Waals surface area (Å²) in [5, 5.41) is 0. The van der Waals surface area contributed by atoms with Gasteiger partial charge in [-0.15, -0.1) is 0 Å². The predicted octanol–water partition coefficient (Wildman–Crippen LogP) is 3.16. The van der Waals surface area contributed by atoms with E-state index in [1.165, 1.54) is 0 Å². The Balaban J connectivity index is 2.76. The van der Waals surface area contributed by atoms with Crippen LogP contribution in [0.4, 0.5) is 0 Å². The zero-order valence-electron chi connectivity index (χ0n) is 12.9. The highest BCUT2D eigenvalue weighted by Gasteiger charge is 2.49. The van der Waals surface area contributed by atoms with Crippen LogP contribution < -0.4 is 0 Å². The normalized spacial score (nSPS) is 13.6. The lowest BCUT2D eigenvalue weighted by Crippen LogP contribution is -2.57. The molecule has 1 unspecified atom stereocenters. The van der Waals surface area contributed by atoms with Gasteiger partial charge in [0.25, 0.3) is 0 Å². The fourth-order valence-electron chi connectivity index (χ4n) is 2.05. The molecule has 0 saturated heterocycles. The molecule has 1 rings (SSSR count). The van der Waals surface area contributed by atoms with E-state index >= 15 is 0 Å². The van der Waals surface area contributed by atoms with Crippen LogP contribution >= 0.6 is 0 Å². The van der Waals surface area contributed by atoms with Crippen LogP contribution in [0.2, 0.25) is 0 Å². The van der Waals surface area contributed by atoms with Gasteiger partial charge in [-0.3, -0.25) is 0 Å². The lowest BCUT2D eigenvalue weighted by atomic mass is 10.5. The predicted molar refractivity (Wildman–Crippen MR) is 78.2 cm³/mol. The summed E-state index contributed by atoms with van der Waals surface area (Å²) < 4.78 is 28.9. The average Bonchev–Trinajstić information content (AvgIpc) is 2.93. The SMILES string of the molecule is CCO[Si](OCC)(OCC)C(CC)OCc1ccco1. The van der Waals surface area contributed by atoms with Crippen LogP contribution in [0, 0.1) is 0 Å². The smallest absolute Gasteiger partial charge is 0.467 e. The molecule has 0 bridgehead atoms. The molecule has 0 aliphatic rings. The summed E-state index contributed by atoms with van der Waals surface area (Å²) in [6.07, 6.45) is 2.41. The van der Waals surface area contributed by atoms with Crippen molar-refractivity contribution in [2.24, 2.45) is 0 Å². The summed E-state index contributed by atoms with van der Waals surface area (Å²) in [4.78, 5) is 0. The van der Waals surface area contributed by atoms with Crippen LogP contribution in [0.5, 0.6) is 0 Å². The lowest BCUT2D eigenvalue weighted by Gasteiger charge is -2.34. The molecule has 0 aliphatic heterocycles. The summed E-state index contributed by atoms with van der Waals surface area (Å²) in [5.41, 5.74) is -0.188. The van der Waals surface area contributed by atoms with Crippen molar-refractivity contribution >= 4 is 8.80 Å². The minimum Gasteiger partial charge on any atom is -0.467 e. The maximum atomic E-state index is 5.95. The van der Waals surface area contributed by atoms with Crippen LogP contribution in [0.15, 0.2) is 22.8 Å². The van der Waals surface area contributed by atoms with Gasteiger partial charge in [0.1, 0.15) is 18.1 Å². The van der Waals surface area contributed by atoms with Crippen LogP contribution in [-0.4, -0.2) is 34.4 Å². The second kappa shape index (κ2) is 9.31. The summed E-state index contributed by atoms with van der Waals surface area (Å²) in [5.74, 6) is 0.788. The Labute approximate surface area is 122 Å². The molecule has 1 atom stereocenters. The highest BCUT2D eigenvalue weighted by Crippen LogP contribution is 2.22. The maximum Gasteiger partial charge on any atom is 0.531 e. The average molecular weight is 302 g/mol. The van der Waals surface area contributed by atoms with Crippen molar-refractivity contribution in [3.8, 4) is 0 Å². The first kappa shape index (κ1) is 17.4. The van der Waals surface area contributed by atoms with Gasteiger partial charge in [-0.25, -0.2) is 0 Å².